The molecule has 34 heavy (non-hydrogen) atoms. The van der Waals surface area contributed by atoms with Gasteiger partial charge in [0.2, 0.25) is 0 Å². The van der Waals surface area contributed by atoms with Gasteiger partial charge in [0, 0.05) is 6.07 Å². The van der Waals surface area contributed by atoms with E-state index in [0.29, 0.717) is 33.0 Å². The van der Waals surface area contributed by atoms with E-state index in [-0.39, 0.29) is 0 Å². The third kappa shape index (κ3) is 5.09. The van der Waals surface area contributed by atoms with Crippen LogP contribution in [0.5, 0.6) is 23.0 Å². The third-order valence-corrected chi connectivity index (χ3v) is 5.96. The van der Waals surface area contributed by atoms with Crippen molar-refractivity contribution in [3.63, 3.8) is 0 Å². The normalized spacial score (nSPS) is 10.6. The zero-order valence-corrected chi connectivity index (χ0v) is 19.6. The summed E-state index contributed by atoms with van der Waals surface area (Å²) < 4.78 is 12.1. The van der Waals surface area contributed by atoms with Crippen LogP contribution in [0.4, 0.5) is 0 Å². The van der Waals surface area contributed by atoms with Gasteiger partial charge in [0.15, 0.2) is 0 Å². The maximum absolute atomic E-state index is 6.41. The van der Waals surface area contributed by atoms with Gasteiger partial charge in [0.05, 0.1) is 10.0 Å². The van der Waals surface area contributed by atoms with Crippen LogP contribution < -0.4 is 9.47 Å². The molecular formula is C30H20Cl2O2. The Morgan fingerprint density at radius 1 is 0.382 bits per heavy atom. The Morgan fingerprint density at radius 3 is 1.12 bits per heavy atom. The molecule has 0 bridgehead atoms. The number of halogens is 2. The van der Waals surface area contributed by atoms with Crippen molar-refractivity contribution in [2.75, 3.05) is 0 Å². The minimum atomic E-state index is 0.406. The molecule has 0 fully saturated rings. The van der Waals surface area contributed by atoms with Crippen LogP contribution in [0.25, 0.3) is 22.3 Å². The monoisotopic (exact) mass is 482 g/mol. The first-order valence-corrected chi connectivity index (χ1v) is 11.6. The van der Waals surface area contributed by atoms with E-state index in [0.717, 1.165) is 22.3 Å². The molecule has 2 nitrogen and oxygen atoms in total. The van der Waals surface area contributed by atoms with E-state index in [9.17, 15) is 0 Å². The summed E-state index contributed by atoms with van der Waals surface area (Å²) >= 11 is 12.8. The number of hydrogen-bond acceptors (Lipinski definition) is 2. The number of ether oxygens (including phenoxy) is 2. The van der Waals surface area contributed by atoms with E-state index in [1.54, 1.807) is 12.1 Å². The highest BCUT2D eigenvalue weighted by Gasteiger charge is 2.12. The van der Waals surface area contributed by atoms with E-state index in [4.69, 9.17) is 32.7 Å². The summed E-state index contributed by atoms with van der Waals surface area (Å²) in [6.07, 6.45) is 0. The van der Waals surface area contributed by atoms with Gasteiger partial charge in [0.25, 0.3) is 0 Å². The Balaban J connectivity index is 1.34. The molecule has 0 radical (unpaired) electrons. The lowest BCUT2D eigenvalue weighted by Gasteiger charge is -2.13. The lowest BCUT2D eigenvalue weighted by molar-refractivity contribution is 0.460. The lowest BCUT2D eigenvalue weighted by Crippen LogP contribution is -1.90. The van der Waals surface area contributed by atoms with Crippen molar-refractivity contribution in [2.45, 2.75) is 0 Å². The van der Waals surface area contributed by atoms with Gasteiger partial charge < -0.3 is 9.47 Å². The van der Waals surface area contributed by atoms with Gasteiger partial charge in [-0.1, -0.05) is 108 Å². The highest BCUT2D eigenvalue weighted by Crippen LogP contribution is 2.40. The van der Waals surface area contributed by atoms with Gasteiger partial charge in [-0.05, 0) is 52.6 Å². The Kier molecular flexibility index (Phi) is 6.53. The van der Waals surface area contributed by atoms with Crippen molar-refractivity contribution in [1.82, 2.24) is 0 Å². The average Bonchev–Trinajstić information content (AvgIpc) is 2.89. The predicted octanol–water partition coefficient (Wildman–Crippen LogP) is 9.91. The summed E-state index contributed by atoms with van der Waals surface area (Å²) in [7, 11) is 0. The zero-order chi connectivity index (χ0) is 23.3. The molecule has 0 aliphatic heterocycles. The highest BCUT2D eigenvalue weighted by atomic mass is 35.5. The van der Waals surface area contributed by atoms with Crippen LogP contribution >= 0.6 is 23.2 Å². The fourth-order valence-electron chi connectivity index (χ4n) is 3.61. The van der Waals surface area contributed by atoms with Gasteiger partial charge in [0.1, 0.15) is 23.0 Å². The fraction of sp³-hybridized carbons (Fsp3) is 0. The largest absolute Gasteiger partial charge is 0.456 e. The van der Waals surface area contributed by atoms with Crippen LogP contribution in [0, 0.1) is 0 Å². The molecule has 0 aliphatic carbocycles. The third-order valence-electron chi connectivity index (χ3n) is 5.36. The molecule has 0 N–H and O–H groups in total. The Bertz CT molecular complexity index is 1280. The molecule has 0 saturated carbocycles. The summed E-state index contributed by atoms with van der Waals surface area (Å²) in [6.45, 7) is 0. The molecule has 0 aliphatic rings. The quantitative estimate of drug-likeness (QED) is 0.239. The molecule has 0 heterocycles. The SMILES string of the molecule is Clc1cc(Cl)c(Oc2ccc(-c3ccccc3)cc2)cc1Oc1ccc(-c2ccccc2)cc1. The fourth-order valence-corrected chi connectivity index (χ4v) is 4.07. The molecule has 0 atom stereocenters. The summed E-state index contributed by atoms with van der Waals surface area (Å²) in [4.78, 5) is 0. The molecule has 5 aromatic carbocycles. The summed E-state index contributed by atoms with van der Waals surface area (Å²) in [5.74, 6) is 2.27. The molecule has 0 aromatic heterocycles. The second-order valence-electron chi connectivity index (χ2n) is 7.70. The van der Waals surface area contributed by atoms with Crippen LogP contribution in [0.3, 0.4) is 0 Å². The summed E-state index contributed by atoms with van der Waals surface area (Å²) in [5.41, 5.74) is 4.51. The summed E-state index contributed by atoms with van der Waals surface area (Å²) in [6, 6.07) is 39.4. The van der Waals surface area contributed by atoms with Crippen molar-refractivity contribution in [1.29, 1.82) is 0 Å². The van der Waals surface area contributed by atoms with Crippen LogP contribution in [0.1, 0.15) is 0 Å². The second-order valence-corrected chi connectivity index (χ2v) is 8.51. The molecule has 0 amide bonds. The van der Waals surface area contributed by atoms with Gasteiger partial charge in [-0.3, -0.25) is 0 Å². The molecule has 0 spiro atoms. The van der Waals surface area contributed by atoms with E-state index in [2.05, 4.69) is 24.3 Å². The smallest absolute Gasteiger partial charge is 0.149 e. The van der Waals surface area contributed by atoms with Crippen LogP contribution in [0.15, 0.2) is 121 Å². The van der Waals surface area contributed by atoms with Crippen LogP contribution in [0.2, 0.25) is 10.0 Å². The van der Waals surface area contributed by atoms with Crippen LogP contribution in [-0.4, -0.2) is 0 Å². The van der Waals surface area contributed by atoms with Crippen molar-refractivity contribution < 1.29 is 9.47 Å². The number of hydrogen-bond donors (Lipinski definition) is 0. The standard InChI is InChI=1S/C30H20Cl2O2/c31-27-19-28(32)30(34-26-17-13-24(14-18-26)22-9-5-2-6-10-22)20-29(27)33-25-15-11-23(12-16-25)21-7-3-1-4-8-21/h1-20H. The molecule has 4 heteroatoms. The molecule has 166 valence electrons. The maximum Gasteiger partial charge on any atom is 0.149 e. The van der Waals surface area contributed by atoms with E-state index < -0.39 is 0 Å². The van der Waals surface area contributed by atoms with Crippen LogP contribution in [-0.2, 0) is 0 Å². The van der Waals surface area contributed by atoms with E-state index >= 15 is 0 Å². The Hall–Kier alpha value is -3.72. The second kappa shape index (κ2) is 10.0. The molecule has 0 saturated heterocycles. The average molecular weight is 483 g/mol. The van der Waals surface area contributed by atoms with Gasteiger partial charge >= 0.3 is 0 Å². The molecule has 0 unspecified atom stereocenters. The highest BCUT2D eigenvalue weighted by molar-refractivity contribution is 6.36. The summed E-state index contributed by atoms with van der Waals surface area (Å²) in [5, 5.41) is 0.813. The van der Waals surface area contributed by atoms with Crippen molar-refractivity contribution in [2.24, 2.45) is 0 Å². The van der Waals surface area contributed by atoms with Gasteiger partial charge in [-0.25, -0.2) is 0 Å². The van der Waals surface area contributed by atoms with Crippen molar-refractivity contribution in [3.8, 4) is 45.3 Å². The van der Waals surface area contributed by atoms with Gasteiger partial charge in [-0.2, -0.15) is 0 Å². The lowest BCUT2D eigenvalue weighted by atomic mass is 10.1. The zero-order valence-electron chi connectivity index (χ0n) is 18.1. The topological polar surface area (TPSA) is 18.5 Å². The number of benzene rings is 5. The Morgan fingerprint density at radius 2 is 0.735 bits per heavy atom. The number of rotatable bonds is 6. The first-order chi connectivity index (χ1) is 16.7. The van der Waals surface area contributed by atoms with Crippen molar-refractivity contribution >= 4 is 23.2 Å². The van der Waals surface area contributed by atoms with E-state index in [1.165, 1.54) is 0 Å². The van der Waals surface area contributed by atoms with E-state index in [1.807, 2.05) is 84.9 Å². The first-order valence-electron chi connectivity index (χ1n) is 10.8. The maximum atomic E-state index is 6.41. The molecular weight excluding hydrogens is 463 g/mol. The minimum Gasteiger partial charge on any atom is -0.456 e. The predicted molar refractivity (Wildman–Crippen MR) is 140 cm³/mol. The molecule has 5 rings (SSSR count). The minimum absolute atomic E-state index is 0.406. The first kappa shape index (κ1) is 22.1. The van der Waals surface area contributed by atoms with Crippen molar-refractivity contribution in [3.05, 3.63) is 131 Å². The molecule has 5 aromatic rings. The van der Waals surface area contributed by atoms with Gasteiger partial charge in [-0.15, -0.1) is 0 Å². The Labute approximate surface area is 208 Å².